The fourth-order valence-electron chi connectivity index (χ4n) is 0.941. The molecule has 3 nitrogen and oxygen atoms in total. The third kappa shape index (κ3) is 1.85. The lowest BCUT2D eigenvalue weighted by atomic mass is 9.97. The Bertz CT molecular complexity index is 281. The van der Waals surface area contributed by atoms with Gasteiger partial charge in [0, 0.05) is 18.3 Å². The Balaban J connectivity index is 2.93. The summed E-state index contributed by atoms with van der Waals surface area (Å²) in [5.41, 5.74) is 4.21. The molecule has 2 N–H and O–H groups in total. The van der Waals surface area contributed by atoms with Crippen LogP contribution in [0.15, 0.2) is 12.4 Å². The van der Waals surface area contributed by atoms with Gasteiger partial charge >= 0.3 is 0 Å². The molecule has 0 aliphatic heterocycles. The molecule has 1 aromatic rings. The molecule has 1 aromatic heterocycles. The third-order valence-electron chi connectivity index (χ3n) is 2.03. The van der Waals surface area contributed by atoms with Crippen LogP contribution in [-0.2, 0) is 12.1 Å². The predicted octanol–water partition coefficient (Wildman–Crippen LogP) is 1.34. The lowest BCUT2D eigenvalue weighted by Crippen LogP contribution is -2.40. The molecule has 0 amide bonds. The highest BCUT2D eigenvalue weighted by Gasteiger charge is 2.33. The highest BCUT2D eigenvalue weighted by molar-refractivity contribution is 5.17. The van der Waals surface area contributed by atoms with E-state index in [-0.39, 0.29) is 0 Å². The van der Waals surface area contributed by atoms with Gasteiger partial charge in [0.2, 0.25) is 0 Å². The van der Waals surface area contributed by atoms with Gasteiger partial charge in [-0.2, -0.15) is 5.10 Å². The SMILES string of the molecule is CCn1cc(C(C)(N)C(F)F)cn1. The van der Waals surface area contributed by atoms with E-state index in [0.29, 0.717) is 12.1 Å². The van der Waals surface area contributed by atoms with Crippen LogP contribution in [0.2, 0.25) is 0 Å². The van der Waals surface area contributed by atoms with Crippen molar-refractivity contribution in [3.63, 3.8) is 0 Å². The van der Waals surface area contributed by atoms with E-state index >= 15 is 0 Å². The molecule has 0 aliphatic rings. The van der Waals surface area contributed by atoms with E-state index in [1.54, 1.807) is 10.9 Å². The minimum atomic E-state index is -2.58. The molecular formula is C8H13F2N3. The van der Waals surface area contributed by atoms with E-state index in [4.69, 9.17) is 5.73 Å². The van der Waals surface area contributed by atoms with Crippen molar-refractivity contribution in [2.45, 2.75) is 32.4 Å². The number of nitrogens with two attached hydrogens (primary N) is 1. The zero-order valence-electron chi connectivity index (χ0n) is 7.67. The summed E-state index contributed by atoms with van der Waals surface area (Å²) in [7, 11) is 0. The van der Waals surface area contributed by atoms with E-state index in [9.17, 15) is 8.78 Å². The highest BCUT2D eigenvalue weighted by atomic mass is 19.3. The summed E-state index contributed by atoms with van der Waals surface area (Å²) >= 11 is 0. The van der Waals surface area contributed by atoms with E-state index < -0.39 is 12.0 Å². The molecule has 0 spiro atoms. The van der Waals surface area contributed by atoms with Gasteiger partial charge in [-0.05, 0) is 13.8 Å². The molecule has 0 bridgehead atoms. The first kappa shape index (κ1) is 10.1. The lowest BCUT2D eigenvalue weighted by Gasteiger charge is -2.21. The second kappa shape index (κ2) is 3.41. The van der Waals surface area contributed by atoms with Crippen LogP contribution in [0.3, 0.4) is 0 Å². The number of alkyl halides is 2. The van der Waals surface area contributed by atoms with Gasteiger partial charge in [0.05, 0.1) is 6.20 Å². The molecule has 1 atom stereocenters. The summed E-state index contributed by atoms with van der Waals surface area (Å²) in [6, 6.07) is 0. The molecule has 13 heavy (non-hydrogen) atoms. The maximum atomic E-state index is 12.4. The van der Waals surface area contributed by atoms with Gasteiger partial charge in [0.15, 0.2) is 0 Å². The summed E-state index contributed by atoms with van der Waals surface area (Å²) in [6.45, 7) is 3.83. The number of hydrogen-bond donors (Lipinski definition) is 1. The van der Waals surface area contributed by atoms with Gasteiger partial charge in [-0.25, -0.2) is 8.78 Å². The minimum absolute atomic E-state index is 0.365. The summed E-state index contributed by atoms with van der Waals surface area (Å²) < 4.78 is 26.5. The van der Waals surface area contributed by atoms with E-state index in [2.05, 4.69) is 5.10 Å². The number of hydrogen-bond acceptors (Lipinski definition) is 2. The Morgan fingerprint density at radius 3 is 2.69 bits per heavy atom. The zero-order valence-corrected chi connectivity index (χ0v) is 7.67. The Kier molecular flexibility index (Phi) is 2.66. The average molecular weight is 189 g/mol. The summed E-state index contributed by atoms with van der Waals surface area (Å²) in [5, 5.41) is 3.89. The van der Waals surface area contributed by atoms with Crippen LogP contribution in [0.1, 0.15) is 19.4 Å². The van der Waals surface area contributed by atoms with Crippen LogP contribution in [0.4, 0.5) is 8.78 Å². The van der Waals surface area contributed by atoms with Crippen molar-refractivity contribution in [3.8, 4) is 0 Å². The first-order valence-corrected chi connectivity index (χ1v) is 4.08. The Hall–Kier alpha value is -0.970. The molecule has 0 saturated heterocycles. The number of rotatable bonds is 3. The standard InChI is InChI=1S/C8H13F2N3/c1-3-13-5-6(4-12-13)8(2,11)7(9)10/h4-5,7H,3,11H2,1-2H3. The number of halogens is 2. The second-order valence-electron chi connectivity index (χ2n) is 3.17. The molecule has 0 saturated carbocycles. The lowest BCUT2D eigenvalue weighted by molar-refractivity contribution is 0.0625. The fraction of sp³-hybridized carbons (Fsp3) is 0.625. The molecule has 1 rings (SSSR count). The summed E-state index contributed by atoms with van der Waals surface area (Å²) in [4.78, 5) is 0. The zero-order chi connectivity index (χ0) is 10.1. The Labute approximate surface area is 75.5 Å². The number of aromatic nitrogens is 2. The van der Waals surface area contributed by atoms with Crippen molar-refractivity contribution in [1.29, 1.82) is 0 Å². The van der Waals surface area contributed by atoms with Gasteiger partial charge in [0.25, 0.3) is 6.43 Å². The van der Waals surface area contributed by atoms with Gasteiger partial charge in [-0.1, -0.05) is 0 Å². The van der Waals surface area contributed by atoms with Gasteiger partial charge in [-0.15, -0.1) is 0 Å². The third-order valence-corrected chi connectivity index (χ3v) is 2.03. The van der Waals surface area contributed by atoms with Crippen LogP contribution in [0.25, 0.3) is 0 Å². The van der Waals surface area contributed by atoms with Crippen molar-refractivity contribution in [2.75, 3.05) is 0 Å². The normalized spacial score (nSPS) is 16.2. The van der Waals surface area contributed by atoms with Crippen LogP contribution >= 0.6 is 0 Å². The first-order chi connectivity index (χ1) is 5.98. The van der Waals surface area contributed by atoms with E-state index in [1.165, 1.54) is 13.1 Å². The van der Waals surface area contributed by atoms with Crippen molar-refractivity contribution in [2.24, 2.45) is 5.73 Å². The van der Waals surface area contributed by atoms with Crippen LogP contribution in [0, 0.1) is 0 Å². The summed E-state index contributed by atoms with van der Waals surface area (Å²) in [5.74, 6) is 0. The maximum Gasteiger partial charge on any atom is 0.260 e. The monoisotopic (exact) mass is 189 g/mol. The smallest absolute Gasteiger partial charge is 0.260 e. The maximum absolute atomic E-state index is 12.4. The molecule has 1 heterocycles. The van der Waals surface area contributed by atoms with E-state index in [1.807, 2.05) is 6.92 Å². The van der Waals surface area contributed by atoms with Gasteiger partial charge in [-0.3, -0.25) is 4.68 Å². The molecule has 0 aliphatic carbocycles. The van der Waals surface area contributed by atoms with Crippen molar-refractivity contribution < 1.29 is 8.78 Å². The fourth-order valence-corrected chi connectivity index (χ4v) is 0.941. The van der Waals surface area contributed by atoms with Crippen molar-refractivity contribution >= 4 is 0 Å². The quantitative estimate of drug-likeness (QED) is 0.779. The molecule has 1 unspecified atom stereocenters. The highest BCUT2D eigenvalue weighted by Crippen LogP contribution is 2.24. The van der Waals surface area contributed by atoms with Crippen molar-refractivity contribution in [1.82, 2.24) is 9.78 Å². The van der Waals surface area contributed by atoms with Crippen molar-refractivity contribution in [3.05, 3.63) is 18.0 Å². The molecule has 5 heteroatoms. The van der Waals surface area contributed by atoms with Gasteiger partial charge in [0.1, 0.15) is 5.54 Å². The summed E-state index contributed by atoms with van der Waals surface area (Å²) in [6.07, 6.45) is 0.351. The van der Waals surface area contributed by atoms with Crippen LogP contribution in [0.5, 0.6) is 0 Å². The second-order valence-corrected chi connectivity index (χ2v) is 3.17. The topological polar surface area (TPSA) is 43.8 Å². The van der Waals surface area contributed by atoms with Crippen LogP contribution in [-0.4, -0.2) is 16.2 Å². The largest absolute Gasteiger partial charge is 0.317 e. The molecule has 0 aromatic carbocycles. The Morgan fingerprint density at radius 2 is 2.31 bits per heavy atom. The molecule has 0 radical (unpaired) electrons. The first-order valence-electron chi connectivity index (χ1n) is 4.08. The predicted molar refractivity (Wildman–Crippen MR) is 45.4 cm³/mol. The average Bonchev–Trinajstić information content (AvgIpc) is 2.51. The Morgan fingerprint density at radius 1 is 1.69 bits per heavy atom. The van der Waals surface area contributed by atoms with Crippen LogP contribution < -0.4 is 5.73 Å². The van der Waals surface area contributed by atoms with Gasteiger partial charge < -0.3 is 5.73 Å². The number of nitrogens with zero attached hydrogens (tertiary/aromatic N) is 2. The molecule has 74 valence electrons. The minimum Gasteiger partial charge on any atom is -0.317 e. The molecule has 0 fully saturated rings. The number of aryl methyl sites for hydroxylation is 1. The molecular weight excluding hydrogens is 176 g/mol. The van der Waals surface area contributed by atoms with E-state index in [0.717, 1.165) is 0 Å².